The maximum Gasteiger partial charge on any atom is 0.326 e. The van der Waals surface area contributed by atoms with E-state index in [2.05, 4.69) is 0 Å². The zero-order valence-electron chi connectivity index (χ0n) is 20.3. The first-order chi connectivity index (χ1) is 16.9. The number of aliphatic carboxylic acids is 2. The highest BCUT2D eigenvalue weighted by molar-refractivity contribution is 6.34. The van der Waals surface area contributed by atoms with Gasteiger partial charge in [-0.2, -0.15) is 0 Å². The van der Waals surface area contributed by atoms with Crippen LogP contribution < -0.4 is 0 Å². The van der Waals surface area contributed by atoms with Gasteiger partial charge in [0, 0.05) is 33.0 Å². The van der Waals surface area contributed by atoms with Crippen molar-refractivity contribution in [3.8, 4) is 0 Å². The van der Waals surface area contributed by atoms with Crippen molar-refractivity contribution >= 4 is 46.3 Å². The average molecular weight is 495 g/mol. The van der Waals surface area contributed by atoms with Crippen molar-refractivity contribution in [1.29, 1.82) is 0 Å². The molecule has 10 heteroatoms. The molecule has 2 N–H and O–H groups in total. The number of rotatable bonds is 8. The lowest BCUT2D eigenvalue weighted by molar-refractivity contribution is -0.143. The zero-order chi connectivity index (χ0) is 26.6. The van der Waals surface area contributed by atoms with Gasteiger partial charge in [0.25, 0.3) is 23.6 Å². The Morgan fingerprint density at radius 3 is 1.06 bits per heavy atom. The summed E-state index contributed by atoms with van der Waals surface area (Å²) in [6.45, 7) is 7.11. The number of carbonyl (C=O) groups excluding carboxylic acids is 4. The summed E-state index contributed by atoms with van der Waals surface area (Å²) < 4.78 is 0. The van der Waals surface area contributed by atoms with Gasteiger partial charge < -0.3 is 10.2 Å². The fourth-order valence-electron chi connectivity index (χ4n) is 5.00. The number of benzene rings is 2. The van der Waals surface area contributed by atoms with Crippen LogP contribution in [0.5, 0.6) is 0 Å². The second kappa shape index (κ2) is 8.85. The second-order valence-electron chi connectivity index (χ2n) is 10.00. The largest absolute Gasteiger partial charge is 0.480 e. The minimum atomic E-state index is -1.38. The first kappa shape index (κ1) is 25.0. The summed E-state index contributed by atoms with van der Waals surface area (Å²) in [5.41, 5.74) is 0.0230. The Morgan fingerprint density at radius 2 is 0.861 bits per heavy atom. The molecule has 10 nitrogen and oxygen atoms in total. The minimum Gasteiger partial charge on any atom is -0.480 e. The van der Waals surface area contributed by atoms with Crippen molar-refractivity contribution in [3.63, 3.8) is 0 Å². The molecule has 0 aliphatic carbocycles. The van der Waals surface area contributed by atoms with Gasteiger partial charge in [-0.05, 0) is 48.9 Å². The molecule has 2 aliphatic heterocycles. The lowest BCUT2D eigenvalue weighted by Crippen LogP contribution is -2.52. The van der Waals surface area contributed by atoms with Crippen molar-refractivity contribution in [1.82, 2.24) is 9.80 Å². The molecule has 2 atom stereocenters. The monoisotopic (exact) mass is 494 g/mol. The van der Waals surface area contributed by atoms with Gasteiger partial charge in [-0.1, -0.05) is 27.7 Å². The van der Waals surface area contributed by atoms with Gasteiger partial charge in [0.15, 0.2) is 0 Å². The predicted octanol–water partition coefficient (Wildman–Crippen LogP) is 3.03. The van der Waals surface area contributed by atoms with Gasteiger partial charge >= 0.3 is 11.9 Å². The third-order valence-electron chi connectivity index (χ3n) is 6.54. The molecule has 0 fully saturated rings. The van der Waals surface area contributed by atoms with Crippen LogP contribution in [-0.2, 0) is 9.59 Å². The van der Waals surface area contributed by atoms with Crippen LogP contribution in [0.1, 0.15) is 82.0 Å². The highest BCUT2D eigenvalue weighted by Crippen LogP contribution is 2.39. The van der Waals surface area contributed by atoms with E-state index >= 15 is 0 Å². The molecule has 2 heterocycles. The van der Waals surface area contributed by atoms with Crippen LogP contribution in [-0.4, -0.2) is 67.7 Å². The second-order valence-corrected chi connectivity index (χ2v) is 10.00. The maximum absolute atomic E-state index is 13.4. The molecule has 36 heavy (non-hydrogen) atoms. The number of nitrogens with zero attached hydrogens (tertiary/aromatic N) is 2. The molecule has 0 unspecified atom stereocenters. The number of imide groups is 2. The Hall–Kier alpha value is -4.08. The number of hydrogen-bond acceptors (Lipinski definition) is 6. The van der Waals surface area contributed by atoms with Crippen molar-refractivity contribution < 1.29 is 39.0 Å². The van der Waals surface area contributed by atoms with E-state index in [1.807, 2.05) is 0 Å². The Labute approximate surface area is 206 Å². The van der Waals surface area contributed by atoms with E-state index in [4.69, 9.17) is 0 Å². The SMILES string of the molecule is CC(C)C[C@@H](C(=O)O)N1C(=O)c2ccc3c4c(ccc(c24)C1=O)C(=O)N([C@@H](CC(C)C)C(=O)O)C3=O. The van der Waals surface area contributed by atoms with E-state index in [1.54, 1.807) is 27.7 Å². The van der Waals surface area contributed by atoms with Gasteiger partial charge in [-0.15, -0.1) is 0 Å². The quantitative estimate of drug-likeness (QED) is 0.532. The lowest BCUT2D eigenvalue weighted by atomic mass is 9.84. The summed E-state index contributed by atoms with van der Waals surface area (Å²) in [6.07, 6.45) is 0.111. The molecule has 4 rings (SSSR count). The van der Waals surface area contributed by atoms with Crippen LogP contribution in [0, 0.1) is 11.8 Å². The van der Waals surface area contributed by atoms with Crippen molar-refractivity contribution in [2.45, 2.75) is 52.6 Å². The number of carboxylic acid groups (broad SMARTS) is 2. The maximum atomic E-state index is 13.4. The third kappa shape index (κ3) is 3.73. The van der Waals surface area contributed by atoms with Crippen LogP contribution in [0.4, 0.5) is 0 Å². The van der Waals surface area contributed by atoms with Crippen LogP contribution in [0.3, 0.4) is 0 Å². The van der Waals surface area contributed by atoms with E-state index in [9.17, 15) is 39.0 Å². The van der Waals surface area contributed by atoms with E-state index < -0.39 is 47.7 Å². The number of carboxylic acids is 2. The van der Waals surface area contributed by atoms with Gasteiger partial charge in [0.1, 0.15) is 12.1 Å². The fraction of sp³-hybridized carbons (Fsp3) is 0.385. The first-order valence-corrected chi connectivity index (χ1v) is 11.7. The van der Waals surface area contributed by atoms with Gasteiger partial charge in [-0.3, -0.25) is 29.0 Å². The average Bonchev–Trinajstić information content (AvgIpc) is 2.79. The highest BCUT2D eigenvalue weighted by atomic mass is 16.4. The Bertz CT molecular complexity index is 1190. The fourth-order valence-corrected chi connectivity index (χ4v) is 5.00. The Morgan fingerprint density at radius 1 is 0.611 bits per heavy atom. The molecule has 0 saturated heterocycles. The van der Waals surface area contributed by atoms with E-state index in [0.29, 0.717) is 0 Å². The minimum absolute atomic E-state index is 0.00576. The summed E-state index contributed by atoms with van der Waals surface area (Å²) in [6, 6.07) is 2.53. The molecule has 4 amide bonds. The number of hydrogen-bond donors (Lipinski definition) is 2. The van der Waals surface area contributed by atoms with E-state index in [0.717, 1.165) is 9.80 Å². The first-order valence-electron chi connectivity index (χ1n) is 11.7. The van der Waals surface area contributed by atoms with Gasteiger partial charge in [0.05, 0.1) is 0 Å². The van der Waals surface area contributed by atoms with Crippen LogP contribution in [0.25, 0.3) is 10.8 Å². The summed E-state index contributed by atoms with van der Waals surface area (Å²) >= 11 is 0. The molecular weight excluding hydrogens is 468 g/mol. The molecular formula is C26H26N2O8. The topological polar surface area (TPSA) is 149 Å². The molecule has 0 spiro atoms. The van der Waals surface area contributed by atoms with Crippen molar-refractivity contribution in [2.24, 2.45) is 11.8 Å². The van der Waals surface area contributed by atoms with E-state index in [-0.39, 0.29) is 57.7 Å². The van der Waals surface area contributed by atoms with Crippen molar-refractivity contribution in [3.05, 3.63) is 46.5 Å². The summed E-state index contributed by atoms with van der Waals surface area (Å²) in [4.78, 5) is 79.0. The molecule has 0 saturated carbocycles. The summed E-state index contributed by atoms with van der Waals surface area (Å²) in [7, 11) is 0. The molecule has 2 aromatic carbocycles. The molecule has 0 aromatic heterocycles. The third-order valence-corrected chi connectivity index (χ3v) is 6.54. The normalized spacial score (nSPS) is 16.8. The van der Waals surface area contributed by atoms with Gasteiger partial charge in [-0.25, -0.2) is 9.59 Å². The molecule has 2 aliphatic rings. The standard InChI is InChI=1S/C26H26N2O8/c1-11(2)9-17(25(33)34)27-21(29)13-5-7-15-20-16(8-6-14(19(13)20)22(27)30)24(32)28(23(15)31)18(26(35)36)10-12(3)4/h5-8,11-12,17-18H,9-10H2,1-4H3,(H,33,34)(H,35,36)/t17-,18-/m0/s1. The molecule has 0 bridgehead atoms. The Kier molecular flexibility index (Phi) is 6.15. The molecule has 0 radical (unpaired) electrons. The molecule has 188 valence electrons. The predicted molar refractivity (Wildman–Crippen MR) is 127 cm³/mol. The Balaban J connectivity index is 1.90. The summed E-state index contributed by atoms with van der Waals surface area (Å²) in [5.74, 6) is -6.15. The van der Waals surface area contributed by atoms with Crippen LogP contribution in [0.2, 0.25) is 0 Å². The van der Waals surface area contributed by atoms with Crippen molar-refractivity contribution in [2.75, 3.05) is 0 Å². The highest BCUT2D eigenvalue weighted by Gasteiger charge is 2.45. The number of amides is 4. The summed E-state index contributed by atoms with van der Waals surface area (Å²) in [5, 5.41) is 19.7. The van der Waals surface area contributed by atoms with Crippen LogP contribution >= 0.6 is 0 Å². The van der Waals surface area contributed by atoms with Crippen LogP contribution in [0.15, 0.2) is 24.3 Å². The molecule has 2 aromatic rings. The lowest BCUT2D eigenvalue weighted by Gasteiger charge is -2.35. The van der Waals surface area contributed by atoms with E-state index in [1.165, 1.54) is 24.3 Å². The smallest absolute Gasteiger partial charge is 0.326 e. The van der Waals surface area contributed by atoms with Gasteiger partial charge in [0.2, 0.25) is 0 Å². The zero-order valence-corrected chi connectivity index (χ0v) is 20.3. The number of carbonyl (C=O) groups is 6.